The van der Waals surface area contributed by atoms with Gasteiger partial charge in [-0.1, -0.05) is 0 Å². The summed E-state index contributed by atoms with van der Waals surface area (Å²) in [5.74, 6) is -0.0741. The zero-order valence-corrected chi connectivity index (χ0v) is 9.58. The van der Waals surface area contributed by atoms with Crippen molar-refractivity contribution in [1.29, 1.82) is 0 Å². The van der Waals surface area contributed by atoms with E-state index in [4.69, 9.17) is 5.11 Å². The third-order valence-electron chi connectivity index (χ3n) is 3.33. The smallest absolute Gasteiger partial charge is 0.271 e. The van der Waals surface area contributed by atoms with Crippen LogP contribution in [-0.2, 0) is 0 Å². The predicted octanol–water partition coefficient (Wildman–Crippen LogP) is 1.48. The number of anilines is 1. The average molecular weight is 240 g/mol. The first kappa shape index (κ1) is 12.1. The Kier molecular flexibility index (Phi) is 3.78. The van der Waals surface area contributed by atoms with Crippen molar-refractivity contribution in [2.45, 2.75) is 31.7 Å². The summed E-state index contributed by atoms with van der Waals surface area (Å²) >= 11 is 0. The van der Waals surface area contributed by atoms with Gasteiger partial charge in [-0.2, -0.15) is 0 Å². The number of rotatable bonds is 3. The minimum absolute atomic E-state index is 0.195. The number of hydrogen-bond acceptors (Lipinski definition) is 3. The van der Waals surface area contributed by atoms with Crippen LogP contribution in [0.15, 0.2) is 17.1 Å². The Labute approximate surface area is 98.9 Å². The first-order valence-electron chi connectivity index (χ1n) is 5.94. The maximum absolute atomic E-state index is 13.0. The molecule has 1 aliphatic carbocycles. The molecule has 1 aromatic rings. The van der Waals surface area contributed by atoms with Crippen LogP contribution in [-0.4, -0.2) is 22.7 Å². The van der Waals surface area contributed by atoms with Crippen molar-refractivity contribution >= 4 is 5.69 Å². The van der Waals surface area contributed by atoms with Crippen molar-refractivity contribution < 1.29 is 9.50 Å². The molecular weight excluding hydrogens is 223 g/mol. The maximum Gasteiger partial charge on any atom is 0.271 e. The lowest BCUT2D eigenvalue weighted by Crippen LogP contribution is -2.29. The van der Waals surface area contributed by atoms with Crippen molar-refractivity contribution in [3.05, 3.63) is 28.4 Å². The molecule has 0 amide bonds. The van der Waals surface area contributed by atoms with Crippen molar-refractivity contribution in [1.82, 2.24) is 4.98 Å². The molecule has 0 unspecified atom stereocenters. The standard InChI is InChI=1S/C12H17FN2O2/c13-9-5-11(12(17)14-6-9)15-10-3-1-8(7-16)2-4-10/h5-6,8,10,15-16H,1-4,7H2,(H,14,17). The van der Waals surface area contributed by atoms with Crippen LogP contribution in [0.3, 0.4) is 0 Å². The normalized spacial score (nSPS) is 24.6. The van der Waals surface area contributed by atoms with E-state index in [0.29, 0.717) is 5.92 Å². The van der Waals surface area contributed by atoms with Gasteiger partial charge in [0.2, 0.25) is 0 Å². The molecule has 0 bridgehead atoms. The van der Waals surface area contributed by atoms with Gasteiger partial charge in [0.25, 0.3) is 5.56 Å². The number of aliphatic hydroxyl groups is 1. The number of hydrogen-bond donors (Lipinski definition) is 3. The monoisotopic (exact) mass is 240 g/mol. The van der Waals surface area contributed by atoms with Crippen molar-refractivity contribution in [3.63, 3.8) is 0 Å². The molecule has 1 aliphatic rings. The molecule has 94 valence electrons. The molecular formula is C12H17FN2O2. The molecule has 0 aliphatic heterocycles. The van der Waals surface area contributed by atoms with Gasteiger partial charge >= 0.3 is 0 Å². The van der Waals surface area contributed by atoms with E-state index in [1.54, 1.807) is 0 Å². The summed E-state index contributed by atoms with van der Waals surface area (Å²) in [6, 6.07) is 1.41. The Morgan fingerprint density at radius 3 is 2.76 bits per heavy atom. The van der Waals surface area contributed by atoms with E-state index in [9.17, 15) is 9.18 Å². The van der Waals surface area contributed by atoms with Gasteiger partial charge in [-0.3, -0.25) is 4.79 Å². The predicted molar refractivity (Wildman–Crippen MR) is 63.5 cm³/mol. The van der Waals surface area contributed by atoms with E-state index >= 15 is 0 Å². The highest BCUT2D eigenvalue weighted by Gasteiger charge is 2.21. The molecule has 17 heavy (non-hydrogen) atoms. The maximum atomic E-state index is 13.0. The van der Waals surface area contributed by atoms with Crippen LogP contribution in [0.4, 0.5) is 10.1 Å². The number of aliphatic hydroxyl groups excluding tert-OH is 1. The van der Waals surface area contributed by atoms with Gasteiger partial charge in [-0.05, 0) is 31.6 Å². The number of pyridine rings is 1. The Balaban J connectivity index is 1.97. The van der Waals surface area contributed by atoms with Crippen LogP contribution in [0.2, 0.25) is 0 Å². The number of halogens is 1. The summed E-state index contributed by atoms with van der Waals surface area (Å²) in [4.78, 5) is 13.8. The van der Waals surface area contributed by atoms with Gasteiger partial charge < -0.3 is 15.4 Å². The molecule has 1 saturated carbocycles. The second-order valence-corrected chi connectivity index (χ2v) is 4.61. The van der Waals surface area contributed by atoms with Gasteiger partial charge in [-0.25, -0.2) is 4.39 Å². The summed E-state index contributed by atoms with van der Waals surface area (Å²) < 4.78 is 13.0. The third kappa shape index (κ3) is 3.06. The van der Waals surface area contributed by atoms with Crippen LogP contribution in [0.1, 0.15) is 25.7 Å². The van der Waals surface area contributed by atoms with E-state index in [-0.39, 0.29) is 23.9 Å². The summed E-state index contributed by atoms with van der Waals surface area (Å²) in [6.07, 6.45) is 4.75. The topological polar surface area (TPSA) is 65.1 Å². The van der Waals surface area contributed by atoms with Gasteiger partial charge in [0.15, 0.2) is 0 Å². The van der Waals surface area contributed by atoms with Gasteiger partial charge in [0.05, 0.1) is 0 Å². The first-order chi connectivity index (χ1) is 8.19. The molecule has 1 fully saturated rings. The number of aromatic amines is 1. The number of H-pyrrole nitrogens is 1. The minimum atomic E-state index is -0.448. The van der Waals surface area contributed by atoms with Crippen molar-refractivity contribution in [3.8, 4) is 0 Å². The lowest BCUT2D eigenvalue weighted by atomic mass is 9.86. The lowest BCUT2D eigenvalue weighted by Gasteiger charge is -2.28. The van der Waals surface area contributed by atoms with Gasteiger partial charge in [0, 0.05) is 24.9 Å². The molecule has 0 saturated heterocycles. The third-order valence-corrected chi connectivity index (χ3v) is 3.33. The molecule has 1 heterocycles. The molecule has 2 rings (SSSR count). The average Bonchev–Trinajstić information content (AvgIpc) is 2.35. The minimum Gasteiger partial charge on any atom is -0.396 e. The lowest BCUT2D eigenvalue weighted by molar-refractivity contribution is 0.186. The van der Waals surface area contributed by atoms with Gasteiger partial charge in [-0.15, -0.1) is 0 Å². The van der Waals surface area contributed by atoms with E-state index in [2.05, 4.69) is 10.3 Å². The fourth-order valence-electron chi connectivity index (χ4n) is 2.27. The highest BCUT2D eigenvalue weighted by molar-refractivity contribution is 5.41. The van der Waals surface area contributed by atoms with Crippen LogP contribution in [0.5, 0.6) is 0 Å². The largest absolute Gasteiger partial charge is 0.396 e. The van der Waals surface area contributed by atoms with Crippen LogP contribution in [0.25, 0.3) is 0 Å². The quantitative estimate of drug-likeness (QED) is 0.749. The summed E-state index contributed by atoms with van der Waals surface area (Å²) in [6.45, 7) is 0.229. The molecule has 0 aromatic carbocycles. The van der Waals surface area contributed by atoms with E-state index in [1.165, 1.54) is 6.07 Å². The Bertz CT molecular complexity index is 425. The van der Waals surface area contributed by atoms with Crippen molar-refractivity contribution in [2.75, 3.05) is 11.9 Å². The number of nitrogens with one attached hydrogen (secondary N) is 2. The molecule has 0 radical (unpaired) electrons. The highest BCUT2D eigenvalue weighted by Crippen LogP contribution is 2.25. The zero-order chi connectivity index (χ0) is 12.3. The molecule has 5 heteroatoms. The summed E-state index contributed by atoms with van der Waals surface area (Å²) in [5, 5.41) is 12.1. The molecule has 4 nitrogen and oxygen atoms in total. The first-order valence-corrected chi connectivity index (χ1v) is 5.94. The molecule has 0 spiro atoms. The molecule has 1 aromatic heterocycles. The molecule has 3 N–H and O–H groups in total. The second kappa shape index (κ2) is 5.31. The van der Waals surface area contributed by atoms with Crippen LogP contribution in [0, 0.1) is 11.7 Å². The van der Waals surface area contributed by atoms with E-state index in [1.807, 2.05) is 0 Å². The van der Waals surface area contributed by atoms with Gasteiger partial charge in [0.1, 0.15) is 11.5 Å². The van der Waals surface area contributed by atoms with Crippen molar-refractivity contribution in [2.24, 2.45) is 5.92 Å². The number of aromatic nitrogens is 1. The van der Waals surface area contributed by atoms with Crippen LogP contribution < -0.4 is 10.9 Å². The fourth-order valence-corrected chi connectivity index (χ4v) is 2.27. The molecule has 0 atom stereocenters. The SMILES string of the molecule is O=c1[nH]cc(F)cc1NC1CCC(CO)CC1. The van der Waals surface area contributed by atoms with Crippen LogP contribution >= 0.6 is 0 Å². The van der Waals surface area contributed by atoms with E-state index in [0.717, 1.165) is 31.9 Å². The Hall–Kier alpha value is -1.36. The Morgan fingerprint density at radius 1 is 1.41 bits per heavy atom. The second-order valence-electron chi connectivity index (χ2n) is 4.61. The zero-order valence-electron chi connectivity index (χ0n) is 9.58. The highest BCUT2D eigenvalue weighted by atomic mass is 19.1. The summed E-state index contributed by atoms with van der Waals surface area (Å²) in [7, 11) is 0. The fraction of sp³-hybridized carbons (Fsp3) is 0.583. The van der Waals surface area contributed by atoms with E-state index < -0.39 is 5.82 Å². The Morgan fingerprint density at radius 2 is 2.12 bits per heavy atom. The summed E-state index contributed by atoms with van der Waals surface area (Å²) in [5.41, 5.74) is -0.00636.